The normalized spacial score (nSPS) is 11.6. The van der Waals surface area contributed by atoms with Crippen molar-refractivity contribution in [3.05, 3.63) is 22.7 Å². The molecule has 1 aromatic heterocycles. The van der Waals surface area contributed by atoms with Gasteiger partial charge in [-0.1, -0.05) is 0 Å². The molecule has 1 heterocycles. The molecule has 0 aliphatic rings. The van der Waals surface area contributed by atoms with Gasteiger partial charge in [-0.15, -0.1) is 0 Å². The topological polar surface area (TPSA) is 47.0 Å². The van der Waals surface area contributed by atoms with Crippen LogP contribution in [0.25, 0.3) is 0 Å². The largest absolute Gasteiger partial charge is 0.264 e. The second kappa shape index (κ2) is 3.27. The zero-order chi connectivity index (χ0) is 9.35. The van der Waals surface area contributed by atoms with E-state index < -0.39 is 19.8 Å². The Labute approximate surface area is 81.1 Å². The molecular formula is C5H2BrClFNO2S. The van der Waals surface area contributed by atoms with Gasteiger partial charge < -0.3 is 0 Å². The fourth-order valence-electron chi connectivity index (χ4n) is 0.583. The van der Waals surface area contributed by atoms with Crippen molar-refractivity contribution in [2.45, 2.75) is 4.90 Å². The van der Waals surface area contributed by atoms with E-state index in [4.69, 9.17) is 10.7 Å². The highest BCUT2D eigenvalue weighted by Crippen LogP contribution is 2.20. The molecule has 0 saturated carbocycles. The van der Waals surface area contributed by atoms with Gasteiger partial charge in [-0.25, -0.2) is 17.8 Å². The lowest BCUT2D eigenvalue weighted by atomic mass is 10.5. The molecule has 0 spiro atoms. The molecule has 0 N–H and O–H groups in total. The van der Waals surface area contributed by atoms with Crippen LogP contribution in [0, 0.1) is 5.82 Å². The predicted octanol–water partition coefficient (Wildman–Crippen LogP) is 1.91. The van der Waals surface area contributed by atoms with Gasteiger partial charge in [0.2, 0.25) is 0 Å². The zero-order valence-corrected chi connectivity index (χ0v) is 8.62. The molecule has 12 heavy (non-hydrogen) atoms. The Morgan fingerprint density at radius 1 is 1.58 bits per heavy atom. The molecule has 0 aliphatic carbocycles. The Morgan fingerprint density at radius 3 is 2.58 bits per heavy atom. The maximum Gasteiger partial charge on any atom is 0.264 e. The molecule has 3 nitrogen and oxygen atoms in total. The van der Waals surface area contributed by atoms with Gasteiger partial charge in [0.25, 0.3) is 9.05 Å². The number of hydrogen-bond acceptors (Lipinski definition) is 3. The Morgan fingerprint density at radius 2 is 2.17 bits per heavy atom. The minimum atomic E-state index is -4.03. The van der Waals surface area contributed by atoms with Crippen LogP contribution in [0.15, 0.2) is 21.8 Å². The second-order valence-corrected chi connectivity index (χ2v) is 5.22. The van der Waals surface area contributed by atoms with Gasteiger partial charge in [0.1, 0.15) is 9.50 Å². The van der Waals surface area contributed by atoms with E-state index >= 15 is 0 Å². The molecular weight excluding hydrogens is 272 g/mol. The summed E-state index contributed by atoms with van der Waals surface area (Å²) in [6.45, 7) is 0. The van der Waals surface area contributed by atoms with Crippen LogP contribution in [-0.4, -0.2) is 13.4 Å². The smallest absolute Gasteiger partial charge is 0.246 e. The number of rotatable bonds is 1. The fraction of sp³-hybridized carbons (Fsp3) is 0. The van der Waals surface area contributed by atoms with E-state index in [1.54, 1.807) is 0 Å². The molecule has 1 rings (SSSR count). The van der Waals surface area contributed by atoms with Crippen molar-refractivity contribution in [1.82, 2.24) is 4.98 Å². The van der Waals surface area contributed by atoms with Gasteiger partial charge in [-0.05, 0) is 22.0 Å². The predicted molar refractivity (Wildman–Crippen MR) is 44.9 cm³/mol. The number of halogens is 3. The first-order valence-corrected chi connectivity index (χ1v) is 5.77. The van der Waals surface area contributed by atoms with Crippen LogP contribution in [0.2, 0.25) is 0 Å². The highest BCUT2D eigenvalue weighted by atomic mass is 79.9. The van der Waals surface area contributed by atoms with Crippen LogP contribution in [0.4, 0.5) is 4.39 Å². The van der Waals surface area contributed by atoms with Crippen molar-refractivity contribution in [2.75, 3.05) is 0 Å². The Bertz CT molecular complexity index is 408. The van der Waals surface area contributed by atoms with E-state index in [1.807, 2.05) is 0 Å². The molecule has 1 aromatic rings. The van der Waals surface area contributed by atoms with Crippen LogP contribution in [-0.2, 0) is 9.05 Å². The molecule has 0 aliphatic heterocycles. The summed E-state index contributed by atoms with van der Waals surface area (Å²) in [6.07, 6.45) is 0.777. The van der Waals surface area contributed by atoms with Crippen LogP contribution >= 0.6 is 26.6 Å². The standard InChI is InChI=1S/C5H2BrClFNO2S/c6-5-1-4(12(7,10)11)3(8)2-9-5/h1-2H. The molecule has 0 fully saturated rings. The van der Waals surface area contributed by atoms with Gasteiger partial charge >= 0.3 is 0 Å². The van der Waals surface area contributed by atoms with Gasteiger partial charge in [-0.2, -0.15) is 0 Å². The van der Waals surface area contributed by atoms with E-state index in [1.165, 1.54) is 0 Å². The highest BCUT2D eigenvalue weighted by molar-refractivity contribution is 9.10. The molecule has 0 amide bonds. The van der Waals surface area contributed by atoms with Crippen molar-refractivity contribution in [1.29, 1.82) is 0 Å². The highest BCUT2D eigenvalue weighted by Gasteiger charge is 2.16. The lowest BCUT2D eigenvalue weighted by molar-refractivity contribution is 0.570. The van der Waals surface area contributed by atoms with E-state index in [9.17, 15) is 12.8 Å². The average Bonchev–Trinajstić information content (AvgIpc) is 1.92. The van der Waals surface area contributed by atoms with Crippen molar-refractivity contribution in [3.8, 4) is 0 Å². The maximum absolute atomic E-state index is 12.7. The summed E-state index contributed by atoms with van der Waals surface area (Å²) in [5.74, 6) is -0.965. The zero-order valence-electron chi connectivity index (χ0n) is 5.46. The monoisotopic (exact) mass is 273 g/mol. The van der Waals surface area contributed by atoms with Crippen molar-refractivity contribution < 1.29 is 12.8 Å². The fourth-order valence-corrected chi connectivity index (χ4v) is 1.96. The average molecular weight is 274 g/mol. The molecule has 0 bridgehead atoms. The SMILES string of the molecule is O=S(=O)(Cl)c1cc(Br)ncc1F. The molecule has 0 saturated heterocycles. The Hall–Kier alpha value is -0.200. The minimum absolute atomic E-state index is 0.211. The molecule has 0 radical (unpaired) electrons. The Balaban J connectivity index is 3.43. The number of pyridine rings is 1. The Kier molecular flexibility index (Phi) is 2.70. The van der Waals surface area contributed by atoms with E-state index in [2.05, 4.69) is 20.9 Å². The third-order valence-corrected chi connectivity index (χ3v) is 2.82. The van der Waals surface area contributed by atoms with Crippen molar-refractivity contribution in [3.63, 3.8) is 0 Å². The molecule has 0 unspecified atom stereocenters. The quantitative estimate of drug-likeness (QED) is 0.580. The summed E-state index contributed by atoms with van der Waals surface area (Å²) in [6, 6.07) is 0.998. The molecule has 0 atom stereocenters. The van der Waals surface area contributed by atoms with E-state index in [-0.39, 0.29) is 4.60 Å². The number of nitrogens with zero attached hydrogens (tertiary/aromatic N) is 1. The molecule has 7 heteroatoms. The first-order valence-electron chi connectivity index (χ1n) is 2.67. The van der Waals surface area contributed by atoms with Gasteiger partial charge in [0.15, 0.2) is 5.82 Å². The lowest BCUT2D eigenvalue weighted by Crippen LogP contribution is -1.96. The summed E-state index contributed by atoms with van der Waals surface area (Å²) in [5.41, 5.74) is 0. The molecule has 66 valence electrons. The van der Waals surface area contributed by atoms with Crippen LogP contribution in [0.3, 0.4) is 0 Å². The maximum atomic E-state index is 12.7. The van der Waals surface area contributed by atoms with Crippen molar-refractivity contribution in [2.24, 2.45) is 0 Å². The first kappa shape index (κ1) is 9.88. The summed E-state index contributed by atoms with van der Waals surface area (Å²) >= 11 is 2.89. The minimum Gasteiger partial charge on any atom is -0.246 e. The second-order valence-electron chi connectivity index (χ2n) is 1.88. The number of aromatic nitrogens is 1. The van der Waals surface area contributed by atoms with Gasteiger partial charge in [0.05, 0.1) is 6.20 Å². The summed E-state index contributed by atoms with van der Waals surface area (Å²) < 4.78 is 34.3. The van der Waals surface area contributed by atoms with Crippen LogP contribution in [0.1, 0.15) is 0 Å². The van der Waals surface area contributed by atoms with Crippen molar-refractivity contribution >= 4 is 35.7 Å². The summed E-state index contributed by atoms with van der Waals surface area (Å²) in [7, 11) is 0.891. The number of hydrogen-bond donors (Lipinski definition) is 0. The van der Waals surface area contributed by atoms with Crippen LogP contribution < -0.4 is 0 Å². The lowest BCUT2D eigenvalue weighted by Gasteiger charge is -1.97. The van der Waals surface area contributed by atoms with Gasteiger partial charge in [-0.3, -0.25) is 0 Å². The van der Waals surface area contributed by atoms with E-state index in [0.29, 0.717) is 0 Å². The molecule has 0 aromatic carbocycles. The van der Waals surface area contributed by atoms with Gasteiger partial charge in [0, 0.05) is 10.7 Å². The summed E-state index contributed by atoms with van der Waals surface area (Å²) in [4.78, 5) is 2.89. The van der Waals surface area contributed by atoms with Crippen LogP contribution in [0.5, 0.6) is 0 Å². The third kappa shape index (κ3) is 2.15. The van der Waals surface area contributed by atoms with E-state index in [0.717, 1.165) is 12.3 Å². The summed E-state index contributed by atoms with van der Waals surface area (Å²) in [5, 5.41) is 0. The first-order chi connectivity index (χ1) is 5.41. The third-order valence-electron chi connectivity index (χ3n) is 1.05.